The van der Waals surface area contributed by atoms with Crippen LogP contribution in [0.4, 0.5) is 5.69 Å². The first-order valence-electron chi connectivity index (χ1n) is 5.52. The van der Waals surface area contributed by atoms with Crippen molar-refractivity contribution in [2.75, 3.05) is 17.2 Å². The van der Waals surface area contributed by atoms with Gasteiger partial charge in [0.2, 0.25) is 0 Å². The summed E-state index contributed by atoms with van der Waals surface area (Å²) in [5.74, 6) is 0.901. The highest BCUT2D eigenvalue weighted by Crippen LogP contribution is 2.25. The van der Waals surface area contributed by atoms with E-state index in [1.165, 1.54) is 5.56 Å². The van der Waals surface area contributed by atoms with Gasteiger partial charge in [-0.3, -0.25) is 0 Å². The maximum absolute atomic E-state index is 11.4. The predicted molar refractivity (Wildman–Crippen MR) is 66.1 cm³/mol. The molecular weight excluding hydrogens is 222 g/mol. The van der Waals surface area contributed by atoms with E-state index >= 15 is 0 Å². The van der Waals surface area contributed by atoms with Crippen molar-refractivity contribution in [2.24, 2.45) is 5.92 Å². The van der Waals surface area contributed by atoms with Gasteiger partial charge >= 0.3 is 0 Å². The van der Waals surface area contributed by atoms with Crippen molar-refractivity contribution in [3.8, 4) is 0 Å². The Balaban J connectivity index is 2.13. The Bertz CT molecular complexity index is 494. The van der Waals surface area contributed by atoms with E-state index in [0.717, 1.165) is 24.1 Å². The second-order valence-corrected chi connectivity index (χ2v) is 6.90. The molecule has 1 saturated heterocycles. The number of nitrogens with two attached hydrogens (primary N) is 1. The molecule has 1 aliphatic rings. The second kappa shape index (κ2) is 4.09. The third-order valence-electron chi connectivity index (χ3n) is 3.13. The topological polar surface area (TPSA) is 60.2 Å². The first kappa shape index (κ1) is 11.5. The zero-order valence-corrected chi connectivity index (χ0v) is 10.3. The molecule has 0 saturated carbocycles. The van der Waals surface area contributed by atoms with Crippen LogP contribution < -0.4 is 5.73 Å². The Kier molecular flexibility index (Phi) is 2.93. The standard InChI is InChI=1S/C12H17NO2S/c1-9-2-3-12(13)11(6-9)7-10-4-5-16(14,15)8-10/h2-3,6,10H,4-5,7-8,13H2,1H3. The SMILES string of the molecule is Cc1ccc(N)c(CC2CCS(=O)(=O)C2)c1. The molecule has 16 heavy (non-hydrogen) atoms. The molecule has 1 fully saturated rings. The lowest BCUT2D eigenvalue weighted by Crippen LogP contribution is -2.09. The van der Waals surface area contributed by atoms with Crippen LogP contribution >= 0.6 is 0 Å². The fourth-order valence-corrected chi connectivity index (χ4v) is 4.12. The van der Waals surface area contributed by atoms with E-state index < -0.39 is 9.84 Å². The summed E-state index contributed by atoms with van der Waals surface area (Å²) >= 11 is 0. The van der Waals surface area contributed by atoms with Crippen molar-refractivity contribution in [3.63, 3.8) is 0 Å². The number of aryl methyl sites for hydroxylation is 1. The third kappa shape index (κ3) is 2.55. The van der Waals surface area contributed by atoms with Gasteiger partial charge in [-0.15, -0.1) is 0 Å². The minimum atomic E-state index is -2.78. The van der Waals surface area contributed by atoms with Gasteiger partial charge in [0.15, 0.2) is 9.84 Å². The second-order valence-electron chi connectivity index (χ2n) is 4.68. The van der Waals surface area contributed by atoms with E-state index in [4.69, 9.17) is 5.73 Å². The molecule has 0 aromatic heterocycles. The average Bonchev–Trinajstić information content (AvgIpc) is 2.52. The van der Waals surface area contributed by atoms with Crippen LogP contribution in [0.1, 0.15) is 17.5 Å². The van der Waals surface area contributed by atoms with Gasteiger partial charge in [-0.2, -0.15) is 0 Å². The lowest BCUT2D eigenvalue weighted by atomic mass is 9.96. The van der Waals surface area contributed by atoms with Crippen LogP contribution in [0.25, 0.3) is 0 Å². The maximum Gasteiger partial charge on any atom is 0.150 e. The van der Waals surface area contributed by atoms with Crippen LogP contribution in [0.15, 0.2) is 18.2 Å². The first-order chi connectivity index (χ1) is 7.46. The molecule has 1 unspecified atom stereocenters. The van der Waals surface area contributed by atoms with Crippen molar-refractivity contribution in [1.29, 1.82) is 0 Å². The number of hydrogen-bond acceptors (Lipinski definition) is 3. The Morgan fingerprint density at radius 2 is 2.19 bits per heavy atom. The first-order valence-corrected chi connectivity index (χ1v) is 7.34. The number of benzene rings is 1. The summed E-state index contributed by atoms with van der Waals surface area (Å²) in [6.45, 7) is 2.02. The average molecular weight is 239 g/mol. The minimum Gasteiger partial charge on any atom is -0.399 e. The van der Waals surface area contributed by atoms with E-state index in [9.17, 15) is 8.42 Å². The summed E-state index contributed by atoms with van der Waals surface area (Å²) < 4.78 is 22.7. The zero-order chi connectivity index (χ0) is 11.8. The number of hydrogen-bond donors (Lipinski definition) is 1. The molecule has 3 nitrogen and oxygen atoms in total. The quantitative estimate of drug-likeness (QED) is 0.797. The van der Waals surface area contributed by atoms with Gasteiger partial charge in [-0.05, 0) is 37.3 Å². The van der Waals surface area contributed by atoms with E-state index in [1.807, 2.05) is 19.1 Å². The summed E-state index contributed by atoms with van der Waals surface area (Å²) in [5, 5.41) is 0. The van der Waals surface area contributed by atoms with Gasteiger partial charge in [0.05, 0.1) is 11.5 Å². The van der Waals surface area contributed by atoms with E-state index in [1.54, 1.807) is 0 Å². The van der Waals surface area contributed by atoms with Crippen LogP contribution in [0, 0.1) is 12.8 Å². The van der Waals surface area contributed by atoms with Crippen LogP contribution in [0.2, 0.25) is 0 Å². The van der Waals surface area contributed by atoms with Gasteiger partial charge < -0.3 is 5.73 Å². The monoisotopic (exact) mass is 239 g/mol. The number of sulfone groups is 1. The highest BCUT2D eigenvalue weighted by Gasteiger charge is 2.28. The normalized spacial score (nSPS) is 23.4. The van der Waals surface area contributed by atoms with Crippen molar-refractivity contribution in [1.82, 2.24) is 0 Å². The largest absolute Gasteiger partial charge is 0.399 e. The zero-order valence-electron chi connectivity index (χ0n) is 9.44. The van der Waals surface area contributed by atoms with E-state index in [-0.39, 0.29) is 5.92 Å². The molecule has 1 aliphatic heterocycles. The predicted octanol–water partition coefficient (Wildman–Crippen LogP) is 1.55. The van der Waals surface area contributed by atoms with Crippen molar-refractivity contribution in [2.45, 2.75) is 19.8 Å². The van der Waals surface area contributed by atoms with Gasteiger partial charge in [-0.1, -0.05) is 17.7 Å². The molecule has 2 rings (SSSR count). The Morgan fingerprint density at radius 3 is 2.81 bits per heavy atom. The summed E-state index contributed by atoms with van der Waals surface area (Å²) in [5.41, 5.74) is 8.92. The van der Waals surface area contributed by atoms with E-state index in [2.05, 4.69) is 6.07 Å². The van der Waals surface area contributed by atoms with E-state index in [0.29, 0.717) is 11.5 Å². The fraction of sp³-hybridized carbons (Fsp3) is 0.500. The number of rotatable bonds is 2. The highest BCUT2D eigenvalue weighted by molar-refractivity contribution is 7.91. The molecule has 1 aromatic carbocycles. The van der Waals surface area contributed by atoms with Gasteiger partial charge in [0.1, 0.15) is 0 Å². The maximum atomic E-state index is 11.4. The highest BCUT2D eigenvalue weighted by atomic mass is 32.2. The lowest BCUT2D eigenvalue weighted by molar-refractivity contribution is 0.583. The van der Waals surface area contributed by atoms with Crippen LogP contribution in [0.5, 0.6) is 0 Å². The van der Waals surface area contributed by atoms with Crippen LogP contribution in [0.3, 0.4) is 0 Å². The number of nitrogen functional groups attached to an aromatic ring is 1. The summed E-state index contributed by atoms with van der Waals surface area (Å²) in [6.07, 6.45) is 1.56. The molecule has 2 N–H and O–H groups in total. The Labute approximate surface area is 96.6 Å². The minimum absolute atomic E-state index is 0.245. The third-order valence-corrected chi connectivity index (χ3v) is 4.97. The molecule has 1 aromatic rings. The Hall–Kier alpha value is -1.03. The lowest BCUT2D eigenvalue weighted by Gasteiger charge is -2.10. The summed E-state index contributed by atoms with van der Waals surface area (Å²) in [6, 6.07) is 5.93. The molecule has 88 valence electrons. The molecule has 0 radical (unpaired) electrons. The Morgan fingerprint density at radius 1 is 1.44 bits per heavy atom. The molecule has 0 aliphatic carbocycles. The summed E-state index contributed by atoms with van der Waals surface area (Å²) in [4.78, 5) is 0. The van der Waals surface area contributed by atoms with Crippen molar-refractivity contribution in [3.05, 3.63) is 29.3 Å². The van der Waals surface area contributed by atoms with Crippen molar-refractivity contribution < 1.29 is 8.42 Å². The smallest absolute Gasteiger partial charge is 0.150 e. The number of anilines is 1. The molecule has 4 heteroatoms. The molecule has 0 amide bonds. The van der Waals surface area contributed by atoms with Gasteiger partial charge in [0, 0.05) is 5.69 Å². The fourth-order valence-electron chi connectivity index (χ4n) is 2.26. The van der Waals surface area contributed by atoms with Crippen molar-refractivity contribution >= 4 is 15.5 Å². The molecule has 0 spiro atoms. The molecule has 1 heterocycles. The molecule has 0 bridgehead atoms. The van der Waals surface area contributed by atoms with Crippen LogP contribution in [-0.2, 0) is 16.3 Å². The molecular formula is C12H17NO2S. The summed E-state index contributed by atoms with van der Waals surface area (Å²) in [7, 11) is -2.78. The van der Waals surface area contributed by atoms with Gasteiger partial charge in [-0.25, -0.2) is 8.42 Å². The van der Waals surface area contributed by atoms with Crippen LogP contribution in [-0.4, -0.2) is 19.9 Å². The molecule has 1 atom stereocenters. The van der Waals surface area contributed by atoms with Gasteiger partial charge in [0.25, 0.3) is 0 Å².